The first-order valence-electron chi connectivity index (χ1n) is 5.87. The second kappa shape index (κ2) is 9.34. The summed E-state index contributed by atoms with van der Waals surface area (Å²) in [7, 11) is -0.915. The Morgan fingerprint density at radius 2 is 1.67 bits per heavy atom. The molecule has 2 heteroatoms. The van der Waals surface area contributed by atoms with Gasteiger partial charge in [-0.3, -0.25) is 6.08 Å². The Morgan fingerprint density at radius 3 is 2.22 bits per heavy atom. The van der Waals surface area contributed by atoms with E-state index >= 15 is 0 Å². The average molecular weight is 298 g/mol. The summed E-state index contributed by atoms with van der Waals surface area (Å²) < 4.78 is 0. The SMILES string of the molecule is C[Si](C)(C)CC1[C-]=CC2=C1CCCC2.[CH3-].[CH3-].[CH3-].[Ti+4]. The molecule has 0 saturated heterocycles. The van der Waals surface area contributed by atoms with Crippen LogP contribution in [0, 0.1) is 34.3 Å². The van der Waals surface area contributed by atoms with E-state index in [9.17, 15) is 0 Å². The van der Waals surface area contributed by atoms with E-state index in [2.05, 4.69) is 31.8 Å². The first kappa shape index (κ1) is 23.5. The van der Waals surface area contributed by atoms with Gasteiger partial charge in [0, 0.05) is 8.07 Å². The average Bonchev–Trinajstić information content (AvgIpc) is 2.47. The summed E-state index contributed by atoms with van der Waals surface area (Å²) in [5.74, 6) is 0.706. The molecule has 0 aromatic carbocycles. The molecule has 102 valence electrons. The van der Waals surface area contributed by atoms with Crippen LogP contribution in [0.15, 0.2) is 17.2 Å². The molecule has 0 amide bonds. The predicted molar refractivity (Wildman–Crippen MR) is 84.2 cm³/mol. The molecular weight excluding hydrogens is 268 g/mol. The van der Waals surface area contributed by atoms with Crippen molar-refractivity contribution in [1.82, 2.24) is 0 Å². The summed E-state index contributed by atoms with van der Waals surface area (Å²) in [4.78, 5) is 0. The van der Waals surface area contributed by atoms with E-state index in [1.54, 1.807) is 11.1 Å². The molecule has 0 N–H and O–H groups in total. The summed E-state index contributed by atoms with van der Waals surface area (Å²) >= 11 is 0. The van der Waals surface area contributed by atoms with Crippen molar-refractivity contribution in [1.29, 1.82) is 0 Å². The van der Waals surface area contributed by atoms with E-state index in [-0.39, 0.29) is 44.0 Å². The van der Waals surface area contributed by atoms with E-state index in [0.717, 1.165) is 0 Å². The van der Waals surface area contributed by atoms with Gasteiger partial charge in [0.1, 0.15) is 0 Å². The third kappa shape index (κ3) is 6.04. The third-order valence-electron chi connectivity index (χ3n) is 3.25. The zero-order chi connectivity index (χ0) is 10.2. The second-order valence-corrected chi connectivity index (χ2v) is 11.4. The molecule has 0 spiro atoms. The molecule has 0 fully saturated rings. The predicted octanol–water partition coefficient (Wildman–Crippen LogP) is 5.53. The molecule has 0 aliphatic heterocycles. The standard InChI is InChI=1S/C13H21Si.3CH3.Ti/c1-14(2,3)10-12-9-8-11-6-4-5-7-13(11)12;;;;/h8,12H,4-7,10H2,1-3H3;3*1H3;/q4*-1;+4. The minimum Gasteiger partial charge on any atom is -0.358 e. The zero-order valence-corrected chi connectivity index (χ0v) is 15.8. The molecule has 2 rings (SSSR count). The van der Waals surface area contributed by atoms with Crippen LogP contribution in [0.3, 0.4) is 0 Å². The molecule has 0 aromatic rings. The molecule has 0 radical (unpaired) electrons. The first-order chi connectivity index (χ1) is 6.56. The van der Waals surface area contributed by atoms with E-state index in [4.69, 9.17) is 0 Å². The Morgan fingerprint density at radius 1 is 1.11 bits per heavy atom. The van der Waals surface area contributed by atoms with E-state index in [1.807, 2.05) is 0 Å². The fourth-order valence-electron chi connectivity index (χ4n) is 2.61. The molecule has 1 unspecified atom stereocenters. The van der Waals surface area contributed by atoms with Crippen LogP contribution in [0.5, 0.6) is 0 Å². The first-order valence-corrected chi connectivity index (χ1v) is 9.58. The third-order valence-corrected chi connectivity index (χ3v) is 4.88. The van der Waals surface area contributed by atoms with Gasteiger partial charge < -0.3 is 22.3 Å². The van der Waals surface area contributed by atoms with Gasteiger partial charge in [0.2, 0.25) is 0 Å². The Labute approximate surface area is 132 Å². The van der Waals surface area contributed by atoms with Crippen molar-refractivity contribution in [3.05, 3.63) is 45.6 Å². The largest absolute Gasteiger partial charge is 4.00 e. The Balaban J connectivity index is -0.000000562. The minimum absolute atomic E-state index is 0. The maximum absolute atomic E-state index is 3.59. The van der Waals surface area contributed by atoms with Gasteiger partial charge in [-0.2, -0.15) is 11.1 Å². The van der Waals surface area contributed by atoms with Crippen molar-refractivity contribution in [2.75, 3.05) is 0 Å². The van der Waals surface area contributed by atoms with Gasteiger partial charge in [0.25, 0.3) is 0 Å². The van der Waals surface area contributed by atoms with Crippen LogP contribution in [0.25, 0.3) is 0 Å². The normalized spacial score (nSPS) is 20.9. The number of hydrogen-bond acceptors (Lipinski definition) is 0. The van der Waals surface area contributed by atoms with Gasteiger partial charge in [-0.25, -0.2) is 6.08 Å². The molecule has 0 aromatic heterocycles. The molecule has 18 heavy (non-hydrogen) atoms. The van der Waals surface area contributed by atoms with Gasteiger partial charge in [-0.05, 0) is 6.42 Å². The molecule has 2 aliphatic carbocycles. The molecule has 1 atom stereocenters. The van der Waals surface area contributed by atoms with E-state index in [1.165, 1.54) is 31.7 Å². The van der Waals surface area contributed by atoms with Crippen LogP contribution in [-0.4, -0.2) is 8.07 Å². The molecule has 0 nitrogen and oxygen atoms in total. The van der Waals surface area contributed by atoms with E-state index in [0.29, 0.717) is 5.92 Å². The van der Waals surface area contributed by atoms with E-state index < -0.39 is 8.07 Å². The van der Waals surface area contributed by atoms with Gasteiger partial charge in [-0.15, -0.1) is 0 Å². The number of hydrogen-bond donors (Lipinski definition) is 0. The van der Waals surface area contributed by atoms with Crippen LogP contribution in [-0.2, 0) is 21.7 Å². The van der Waals surface area contributed by atoms with Crippen molar-refractivity contribution >= 4 is 8.07 Å². The van der Waals surface area contributed by atoms with Crippen LogP contribution in [0.1, 0.15) is 25.7 Å². The van der Waals surface area contributed by atoms with Crippen molar-refractivity contribution in [3.63, 3.8) is 0 Å². The van der Waals surface area contributed by atoms with Gasteiger partial charge in [0.15, 0.2) is 0 Å². The second-order valence-electron chi connectivity index (χ2n) is 5.89. The Hall–Kier alpha value is 0.411. The fourth-order valence-corrected chi connectivity index (χ4v) is 4.20. The monoisotopic (exact) mass is 298 g/mol. The maximum Gasteiger partial charge on any atom is 4.00 e. The fraction of sp³-hybridized carbons (Fsp3) is 0.562. The summed E-state index contributed by atoms with van der Waals surface area (Å²) in [5.41, 5.74) is 3.39. The van der Waals surface area contributed by atoms with Gasteiger partial charge in [-0.1, -0.05) is 50.9 Å². The van der Waals surface area contributed by atoms with Gasteiger partial charge in [0.05, 0.1) is 0 Å². The Bertz CT molecular complexity index is 284. The number of rotatable bonds is 2. The quantitative estimate of drug-likeness (QED) is 0.464. The smallest absolute Gasteiger partial charge is 0.358 e. The minimum atomic E-state index is -0.915. The maximum atomic E-state index is 3.59. The van der Waals surface area contributed by atoms with Crippen molar-refractivity contribution in [2.24, 2.45) is 5.92 Å². The molecule has 0 bridgehead atoms. The Kier molecular flexibility index (Phi) is 12.2. The molecule has 0 heterocycles. The topological polar surface area (TPSA) is 0 Å². The van der Waals surface area contributed by atoms with Crippen molar-refractivity contribution in [3.8, 4) is 0 Å². The summed E-state index contributed by atoms with van der Waals surface area (Å²) in [5, 5.41) is 0. The molecule has 2 aliphatic rings. The van der Waals surface area contributed by atoms with Crippen LogP contribution in [0.4, 0.5) is 0 Å². The van der Waals surface area contributed by atoms with Crippen LogP contribution < -0.4 is 0 Å². The van der Waals surface area contributed by atoms with Crippen molar-refractivity contribution < 1.29 is 21.7 Å². The summed E-state index contributed by atoms with van der Waals surface area (Å²) in [6.07, 6.45) is 11.4. The van der Waals surface area contributed by atoms with Crippen LogP contribution in [0.2, 0.25) is 25.7 Å². The molecular formula is C16H30SiTi. The van der Waals surface area contributed by atoms with Crippen molar-refractivity contribution in [2.45, 2.75) is 51.4 Å². The van der Waals surface area contributed by atoms with Gasteiger partial charge >= 0.3 is 21.7 Å². The van der Waals surface area contributed by atoms with Crippen LogP contribution >= 0.6 is 0 Å². The summed E-state index contributed by atoms with van der Waals surface area (Å²) in [6.45, 7) is 7.40. The number of allylic oxidation sites excluding steroid dienone is 4. The molecule has 0 saturated carbocycles. The zero-order valence-electron chi connectivity index (χ0n) is 13.2. The summed E-state index contributed by atoms with van der Waals surface area (Å²) in [6, 6.07) is 1.41.